The van der Waals surface area contributed by atoms with Crippen LogP contribution in [-0.4, -0.2) is 57.9 Å². The number of aliphatic hydroxyl groups is 1. The van der Waals surface area contributed by atoms with E-state index in [2.05, 4.69) is 23.7 Å². The van der Waals surface area contributed by atoms with E-state index in [1.54, 1.807) is 6.07 Å². The van der Waals surface area contributed by atoms with Gasteiger partial charge in [0, 0.05) is 24.1 Å². The molecule has 6 heteroatoms. The van der Waals surface area contributed by atoms with Gasteiger partial charge >= 0.3 is 0 Å². The Kier molecular flexibility index (Phi) is 5.27. The maximum atomic E-state index is 13.5. The molecule has 6 nitrogen and oxygen atoms in total. The van der Waals surface area contributed by atoms with Crippen LogP contribution in [-0.2, 0) is 16.6 Å². The van der Waals surface area contributed by atoms with Gasteiger partial charge in [0.15, 0.2) is 11.5 Å². The van der Waals surface area contributed by atoms with Crippen molar-refractivity contribution in [3.63, 3.8) is 0 Å². The molecule has 6 rings (SSSR count). The molecular weight excluding hydrogens is 428 g/mol. The van der Waals surface area contributed by atoms with Crippen LogP contribution in [0.15, 0.2) is 24.8 Å². The van der Waals surface area contributed by atoms with E-state index < -0.39 is 11.0 Å². The van der Waals surface area contributed by atoms with E-state index in [1.165, 1.54) is 12.8 Å². The molecule has 3 aliphatic carbocycles. The zero-order valence-corrected chi connectivity index (χ0v) is 20.3. The van der Waals surface area contributed by atoms with Crippen molar-refractivity contribution in [2.24, 2.45) is 11.8 Å². The fourth-order valence-corrected chi connectivity index (χ4v) is 8.55. The van der Waals surface area contributed by atoms with Crippen molar-refractivity contribution in [2.45, 2.75) is 93.9 Å². The van der Waals surface area contributed by atoms with Gasteiger partial charge < -0.3 is 20.3 Å². The first kappa shape index (κ1) is 22.4. The molecule has 5 aliphatic rings. The van der Waals surface area contributed by atoms with Crippen molar-refractivity contribution >= 4 is 5.91 Å². The monoisotopic (exact) mass is 466 g/mol. The van der Waals surface area contributed by atoms with Gasteiger partial charge in [-0.15, -0.1) is 6.58 Å². The number of amides is 1. The highest BCUT2D eigenvalue weighted by Gasteiger charge is 2.73. The summed E-state index contributed by atoms with van der Waals surface area (Å²) in [5, 5.41) is 26.6. The smallest absolute Gasteiger partial charge is 0.223 e. The molecule has 3 fully saturated rings. The second-order valence-corrected chi connectivity index (χ2v) is 11.3. The van der Waals surface area contributed by atoms with Crippen LogP contribution in [0.5, 0.6) is 11.5 Å². The minimum Gasteiger partial charge on any atom is -0.504 e. The minimum atomic E-state index is -0.957. The molecule has 0 radical (unpaired) electrons. The Bertz CT molecular complexity index is 1000. The number of hydrogen-bond acceptors (Lipinski definition) is 5. The van der Waals surface area contributed by atoms with E-state index in [-0.39, 0.29) is 35.8 Å². The van der Waals surface area contributed by atoms with E-state index in [4.69, 9.17) is 4.74 Å². The summed E-state index contributed by atoms with van der Waals surface area (Å²) < 4.78 is 6.56. The average Bonchev–Trinajstić information content (AvgIpc) is 3.46. The third-order valence-electron chi connectivity index (χ3n) is 10.0. The van der Waals surface area contributed by atoms with Gasteiger partial charge in [0.05, 0.1) is 17.1 Å². The SMILES string of the molecule is C=CCN1CC[C@]23c4c5ccc(O)c4OC2C(NC(=O)C(CC)C2CCCC2)CC[C@@]3(O)[C@H]1C5. The van der Waals surface area contributed by atoms with Crippen LogP contribution >= 0.6 is 0 Å². The number of phenols is 1. The Labute approximate surface area is 202 Å². The van der Waals surface area contributed by atoms with Gasteiger partial charge in [-0.1, -0.05) is 31.9 Å². The van der Waals surface area contributed by atoms with Crippen molar-refractivity contribution in [1.29, 1.82) is 0 Å². The number of benzene rings is 1. The van der Waals surface area contributed by atoms with Gasteiger partial charge in [-0.2, -0.15) is 0 Å². The van der Waals surface area contributed by atoms with Gasteiger partial charge in [0.25, 0.3) is 0 Å². The highest BCUT2D eigenvalue weighted by atomic mass is 16.5. The maximum absolute atomic E-state index is 13.5. The Balaban J connectivity index is 1.38. The lowest BCUT2D eigenvalue weighted by molar-refractivity contribution is -0.190. The van der Waals surface area contributed by atoms with Gasteiger partial charge in [-0.25, -0.2) is 0 Å². The molecule has 2 heterocycles. The summed E-state index contributed by atoms with van der Waals surface area (Å²) in [7, 11) is 0. The van der Waals surface area contributed by atoms with Crippen LogP contribution in [0.3, 0.4) is 0 Å². The average molecular weight is 467 g/mol. The van der Waals surface area contributed by atoms with Crippen LogP contribution in [0, 0.1) is 11.8 Å². The lowest BCUT2D eigenvalue weighted by Gasteiger charge is -2.64. The number of aromatic hydroxyl groups is 1. The van der Waals surface area contributed by atoms with Crippen molar-refractivity contribution in [3.05, 3.63) is 35.9 Å². The van der Waals surface area contributed by atoms with Crippen molar-refractivity contribution in [1.82, 2.24) is 10.2 Å². The first-order valence-corrected chi connectivity index (χ1v) is 13.3. The largest absolute Gasteiger partial charge is 0.504 e. The van der Waals surface area contributed by atoms with Gasteiger partial charge in [0.1, 0.15) is 6.10 Å². The molecule has 2 bridgehead atoms. The summed E-state index contributed by atoms with van der Waals surface area (Å²) >= 11 is 0. The molecule has 1 saturated heterocycles. The third kappa shape index (κ3) is 2.84. The molecule has 0 aromatic heterocycles. The summed E-state index contributed by atoms with van der Waals surface area (Å²) in [6.07, 6.45) is 9.91. The molecule has 1 aromatic carbocycles. The number of hydrogen-bond donors (Lipinski definition) is 3. The molecular formula is C28H38N2O4. The topological polar surface area (TPSA) is 82.0 Å². The van der Waals surface area contributed by atoms with Crippen molar-refractivity contribution in [2.75, 3.05) is 13.1 Å². The number of rotatable bonds is 6. The summed E-state index contributed by atoms with van der Waals surface area (Å²) in [6.45, 7) is 7.64. The summed E-state index contributed by atoms with van der Waals surface area (Å²) in [6, 6.07) is 3.53. The molecule has 1 spiro atoms. The Morgan fingerprint density at radius 3 is 2.85 bits per heavy atom. The highest BCUT2D eigenvalue weighted by Crippen LogP contribution is 2.65. The summed E-state index contributed by atoms with van der Waals surface area (Å²) in [4.78, 5) is 15.9. The summed E-state index contributed by atoms with van der Waals surface area (Å²) in [5.74, 6) is 1.32. The lowest BCUT2D eigenvalue weighted by Crippen LogP contribution is -2.78. The first-order chi connectivity index (χ1) is 16.4. The molecule has 1 amide bonds. The Hall–Kier alpha value is -2.05. The number of nitrogens with zero attached hydrogens (tertiary/aromatic N) is 1. The van der Waals surface area contributed by atoms with Gasteiger partial charge in [-0.3, -0.25) is 9.69 Å². The molecule has 184 valence electrons. The van der Waals surface area contributed by atoms with E-state index in [9.17, 15) is 15.0 Å². The standard InChI is InChI=1S/C28H38N2O4/c1-3-14-30-15-13-27-23-18-9-10-21(31)24(23)34-25(27)20(11-12-28(27,33)22(30)16-18)29-26(32)19(4-2)17-7-5-6-8-17/h3,9-10,17,19-20,22,25,31,33H,1,4-8,11-16H2,2H3,(H,29,32)/t19?,20?,22-,25?,27+,28-/m1/s1. The van der Waals surface area contributed by atoms with Crippen LogP contribution in [0.1, 0.15) is 69.4 Å². The van der Waals surface area contributed by atoms with Crippen LogP contribution < -0.4 is 10.1 Å². The molecule has 3 unspecified atom stereocenters. The van der Waals surface area contributed by atoms with E-state index in [1.807, 2.05) is 12.1 Å². The third-order valence-corrected chi connectivity index (χ3v) is 10.0. The Morgan fingerprint density at radius 1 is 1.32 bits per heavy atom. The van der Waals surface area contributed by atoms with E-state index in [0.717, 1.165) is 56.3 Å². The summed E-state index contributed by atoms with van der Waals surface area (Å²) in [5.41, 5.74) is 0.587. The second kappa shape index (κ2) is 7.99. The van der Waals surface area contributed by atoms with Gasteiger partial charge in [-0.05, 0) is 69.0 Å². The van der Waals surface area contributed by atoms with Crippen molar-refractivity contribution in [3.8, 4) is 11.5 Å². The number of carbonyl (C=O) groups excluding carboxylic acids is 1. The quantitative estimate of drug-likeness (QED) is 0.560. The van der Waals surface area contributed by atoms with E-state index in [0.29, 0.717) is 24.5 Å². The fraction of sp³-hybridized carbons (Fsp3) is 0.679. The number of carbonyl (C=O) groups is 1. The highest BCUT2D eigenvalue weighted by molar-refractivity contribution is 5.79. The first-order valence-electron chi connectivity index (χ1n) is 13.3. The number of likely N-dealkylation sites (tertiary alicyclic amines) is 1. The van der Waals surface area contributed by atoms with Crippen LogP contribution in [0.4, 0.5) is 0 Å². The predicted molar refractivity (Wildman–Crippen MR) is 130 cm³/mol. The zero-order valence-electron chi connectivity index (χ0n) is 20.3. The van der Waals surface area contributed by atoms with Gasteiger partial charge in [0.2, 0.25) is 5.91 Å². The number of ether oxygens (including phenoxy) is 1. The molecule has 3 N–H and O–H groups in total. The van der Waals surface area contributed by atoms with Crippen molar-refractivity contribution < 1.29 is 19.7 Å². The minimum absolute atomic E-state index is 0.0214. The molecule has 34 heavy (non-hydrogen) atoms. The van der Waals surface area contributed by atoms with E-state index >= 15 is 0 Å². The number of piperidine rings is 1. The Morgan fingerprint density at radius 2 is 2.12 bits per heavy atom. The lowest BCUT2D eigenvalue weighted by atomic mass is 9.48. The number of nitrogens with one attached hydrogen (secondary N) is 1. The molecule has 2 saturated carbocycles. The molecule has 1 aromatic rings. The van der Waals surface area contributed by atoms with Crippen LogP contribution in [0.2, 0.25) is 0 Å². The molecule has 6 atom stereocenters. The number of phenolic OH excluding ortho intramolecular Hbond substituents is 1. The molecule has 2 aliphatic heterocycles. The predicted octanol–water partition coefficient (Wildman–Crippen LogP) is 3.43. The fourth-order valence-electron chi connectivity index (χ4n) is 8.55. The van der Waals surface area contributed by atoms with Crippen LogP contribution in [0.25, 0.3) is 0 Å². The maximum Gasteiger partial charge on any atom is 0.223 e. The second-order valence-electron chi connectivity index (χ2n) is 11.3. The zero-order chi connectivity index (χ0) is 23.7. The normalized spacial score (nSPS) is 37.1.